The lowest BCUT2D eigenvalue weighted by molar-refractivity contribution is -0.172. The monoisotopic (exact) mass is 224 g/mol. The fourth-order valence-electron chi connectivity index (χ4n) is 1.69. The molecule has 0 aromatic rings. The van der Waals surface area contributed by atoms with Gasteiger partial charge in [0.2, 0.25) is 11.6 Å². The molecule has 2 heterocycles. The molecule has 0 radical (unpaired) electrons. The third kappa shape index (κ3) is 1.18. The molecule has 16 heavy (non-hydrogen) atoms. The molecule has 2 aliphatic heterocycles. The zero-order chi connectivity index (χ0) is 12.1. The number of amides is 4. The SMILES string of the molecule is CC1=CC(=O)N(C2(O)CC(=O)NC2=O)C1=O. The first-order valence-electron chi connectivity index (χ1n) is 4.50. The summed E-state index contributed by atoms with van der Waals surface area (Å²) in [4.78, 5) is 45.7. The summed E-state index contributed by atoms with van der Waals surface area (Å²) in [7, 11) is 0. The number of hydrogen-bond donors (Lipinski definition) is 2. The Hall–Kier alpha value is -2.02. The first kappa shape index (κ1) is 10.5. The van der Waals surface area contributed by atoms with Crippen LogP contribution in [0.1, 0.15) is 13.3 Å². The average molecular weight is 224 g/mol. The number of aliphatic hydroxyl groups is 1. The van der Waals surface area contributed by atoms with Crippen molar-refractivity contribution in [3.8, 4) is 0 Å². The molecule has 7 heteroatoms. The number of nitrogens with zero attached hydrogens (tertiary/aromatic N) is 1. The predicted octanol–water partition coefficient (Wildman–Crippen LogP) is -1.96. The lowest BCUT2D eigenvalue weighted by atomic mass is 10.1. The van der Waals surface area contributed by atoms with Crippen LogP contribution in [0.4, 0.5) is 0 Å². The van der Waals surface area contributed by atoms with Gasteiger partial charge in [0.1, 0.15) is 0 Å². The minimum atomic E-state index is -2.39. The Balaban J connectivity index is 2.40. The fourth-order valence-corrected chi connectivity index (χ4v) is 1.69. The zero-order valence-electron chi connectivity index (χ0n) is 8.31. The van der Waals surface area contributed by atoms with E-state index >= 15 is 0 Å². The van der Waals surface area contributed by atoms with Gasteiger partial charge in [0.25, 0.3) is 17.7 Å². The average Bonchev–Trinajstić information content (AvgIpc) is 2.53. The maximum absolute atomic E-state index is 11.5. The number of hydrogen-bond acceptors (Lipinski definition) is 5. The third-order valence-corrected chi connectivity index (χ3v) is 2.49. The summed E-state index contributed by atoms with van der Waals surface area (Å²) in [6.07, 6.45) is 0.390. The predicted molar refractivity (Wildman–Crippen MR) is 48.3 cm³/mol. The van der Waals surface area contributed by atoms with Crippen LogP contribution >= 0.6 is 0 Å². The molecule has 4 amide bonds. The van der Waals surface area contributed by atoms with Gasteiger partial charge in [-0.2, -0.15) is 0 Å². The van der Waals surface area contributed by atoms with E-state index in [-0.39, 0.29) is 5.57 Å². The first-order chi connectivity index (χ1) is 7.36. The van der Waals surface area contributed by atoms with E-state index < -0.39 is 35.8 Å². The summed E-state index contributed by atoms with van der Waals surface area (Å²) < 4.78 is 0. The van der Waals surface area contributed by atoms with Crippen molar-refractivity contribution in [1.29, 1.82) is 0 Å². The van der Waals surface area contributed by atoms with E-state index in [2.05, 4.69) is 0 Å². The summed E-state index contributed by atoms with van der Waals surface area (Å²) in [5.74, 6) is -3.34. The Kier molecular flexibility index (Phi) is 1.96. The lowest BCUT2D eigenvalue weighted by Crippen LogP contribution is -2.56. The van der Waals surface area contributed by atoms with Gasteiger partial charge in [-0.25, -0.2) is 4.90 Å². The van der Waals surface area contributed by atoms with Crippen molar-refractivity contribution in [3.05, 3.63) is 11.6 Å². The summed E-state index contributed by atoms with van der Waals surface area (Å²) in [6, 6.07) is 0. The number of rotatable bonds is 1. The molecule has 7 nitrogen and oxygen atoms in total. The Labute approximate surface area is 89.7 Å². The van der Waals surface area contributed by atoms with Crippen molar-refractivity contribution in [2.45, 2.75) is 19.1 Å². The quantitative estimate of drug-likeness (QED) is 0.503. The van der Waals surface area contributed by atoms with Crippen LogP contribution in [0.2, 0.25) is 0 Å². The van der Waals surface area contributed by atoms with Gasteiger partial charge in [-0.05, 0) is 6.92 Å². The Morgan fingerprint density at radius 1 is 1.38 bits per heavy atom. The van der Waals surface area contributed by atoms with Crippen LogP contribution in [-0.2, 0) is 19.2 Å². The second-order valence-electron chi connectivity index (χ2n) is 3.68. The molecule has 0 aromatic heterocycles. The molecule has 0 bridgehead atoms. The normalized spacial score (nSPS) is 29.9. The Morgan fingerprint density at radius 3 is 2.38 bits per heavy atom. The van der Waals surface area contributed by atoms with E-state index in [9.17, 15) is 24.3 Å². The van der Waals surface area contributed by atoms with E-state index in [0.717, 1.165) is 6.08 Å². The molecule has 0 aromatic carbocycles. The van der Waals surface area contributed by atoms with Gasteiger partial charge >= 0.3 is 0 Å². The molecule has 2 rings (SSSR count). The molecule has 0 saturated carbocycles. The van der Waals surface area contributed by atoms with Gasteiger partial charge in [0.15, 0.2) is 0 Å². The molecule has 1 atom stereocenters. The number of carbonyl (C=O) groups is 4. The van der Waals surface area contributed by atoms with Crippen molar-refractivity contribution < 1.29 is 24.3 Å². The maximum atomic E-state index is 11.5. The van der Waals surface area contributed by atoms with Crippen LogP contribution in [0, 0.1) is 0 Å². The fraction of sp³-hybridized carbons (Fsp3) is 0.333. The molecule has 2 aliphatic rings. The molecule has 1 unspecified atom stereocenters. The van der Waals surface area contributed by atoms with Gasteiger partial charge in [-0.1, -0.05) is 0 Å². The minimum Gasteiger partial charge on any atom is -0.362 e. The van der Waals surface area contributed by atoms with Crippen LogP contribution in [0.5, 0.6) is 0 Å². The standard InChI is InChI=1S/C9H8N2O5/c1-4-2-6(13)11(7(4)14)9(16)3-5(12)10-8(9)15/h2,16H,3H2,1H3,(H,10,12,15). The minimum absolute atomic E-state index is 0.116. The van der Waals surface area contributed by atoms with Gasteiger partial charge in [-0.15, -0.1) is 0 Å². The lowest BCUT2D eigenvalue weighted by Gasteiger charge is -2.28. The van der Waals surface area contributed by atoms with E-state index in [1.54, 1.807) is 0 Å². The van der Waals surface area contributed by atoms with Gasteiger partial charge in [0.05, 0.1) is 6.42 Å². The van der Waals surface area contributed by atoms with Crippen LogP contribution in [0.25, 0.3) is 0 Å². The van der Waals surface area contributed by atoms with Crippen molar-refractivity contribution >= 4 is 23.6 Å². The molecule has 0 spiro atoms. The van der Waals surface area contributed by atoms with Crippen LogP contribution in [0.3, 0.4) is 0 Å². The highest BCUT2D eigenvalue weighted by atomic mass is 16.3. The highest BCUT2D eigenvalue weighted by Crippen LogP contribution is 2.27. The molecular weight excluding hydrogens is 216 g/mol. The van der Waals surface area contributed by atoms with E-state index in [4.69, 9.17) is 0 Å². The van der Waals surface area contributed by atoms with Crippen LogP contribution < -0.4 is 5.32 Å². The van der Waals surface area contributed by atoms with E-state index in [0.29, 0.717) is 4.90 Å². The number of nitrogens with one attached hydrogen (secondary N) is 1. The summed E-state index contributed by atoms with van der Waals surface area (Å²) in [5.41, 5.74) is -2.27. The van der Waals surface area contributed by atoms with Gasteiger partial charge in [0, 0.05) is 11.6 Å². The summed E-state index contributed by atoms with van der Waals surface area (Å²) in [5, 5.41) is 11.7. The van der Waals surface area contributed by atoms with Crippen LogP contribution in [0.15, 0.2) is 11.6 Å². The van der Waals surface area contributed by atoms with Crippen LogP contribution in [-0.4, -0.2) is 39.4 Å². The topological polar surface area (TPSA) is 104 Å². The second-order valence-corrected chi connectivity index (χ2v) is 3.68. The summed E-state index contributed by atoms with van der Waals surface area (Å²) in [6.45, 7) is 1.39. The molecular formula is C9H8N2O5. The highest BCUT2D eigenvalue weighted by molar-refractivity contribution is 6.20. The van der Waals surface area contributed by atoms with Crippen molar-refractivity contribution in [3.63, 3.8) is 0 Å². The van der Waals surface area contributed by atoms with Gasteiger partial charge in [-0.3, -0.25) is 24.5 Å². The third-order valence-electron chi connectivity index (χ3n) is 2.49. The molecule has 84 valence electrons. The van der Waals surface area contributed by atoms with Crippen molar-refractivity contribution in [1.82, 2.24) is 10.2 Å². The first-order valence-corrected chi connectivity index (χ1v) is 4.50. The highest BCUT2D eigenvalue weighted by Gasteiger charge is 2.55. The van der Waals surface area contributed by atoms with Crippen molar-refractivity contribution in [2.24, 2.45) is 0 Å². The molecule has 1 saturated heterocycles. The Bertz CT molecular complexity index is 467. The molecule has 1 fully saturated rings. The number of imide groups is 2. The number of carbonyl (C=O) groups excluding carboxylic acids is 4. The molecule has 2 N–H and O–H groups in total. The largest absolute Gasteiger partial charge is 0.362 e. The maximum Gasteiger partial charge on any atom is 0.281 e. The Morgan fingerprint density at radius 2 is 2.00 bits per heavy atom. The smallest absolute Gasteiger partial charge is 0.281 e. The molecule has 0 aliphatic carbocycles. The van der Waals surface area contributed by atoms with E-state index in [1.807, 2.05) is 5.32 Å². The van der Waals surface area contributed by atoms with Gasteiger partial charge < -0.3 is 5.11 Å². The summed E-state index contributed by atoms with van der Waals surface area (Å²) >= 11 is 0. The zero-order valence-corrected chi connectivity index (χ0v) is 8.31. The van der Waals surface area contributed by atoms with E-state index in [1.165, 1.54) is 6.92 Å². The second kappa shape index (κ2) is 2.99. The van der Waals surface area contributed by atoms with Crippen molar-refractivity contribution in [2.75, 3.05) is 0 Å².